The first kappa shape index (κ1) is 21.5. The van der Waals surface area contributed by atoms with Crippen LogP contribution in [0.4, 0.5) is 5.69 Å². The Labute approximate surface area is 178 Å². The molecular weight excluding hydrogens is 408 g/mol. The van der Waals surface area contributed by atoms with Gasteiger partial charge < -0.3 is 5.32 Å². The fraction of sp³-hybridized carbons (Fsp3) is 0.350. The van der Waals surface area contributed by atoms with Crippen LogP contribution in [0.1, 0.15) is 38.7 Å². The first-order valence-corrected chi connectivity index (χ1v) is 9.82. The summed E-state index contributed by atoms with van der Waals surface area (Å²) >= 11 is 6.18. The molecule has 0 bridgehead atoms. The molecule has 2 heterocycles. The predicted octanol–water partition coefficient (Wildman–Crippen LogP) is 3.35. The molecule has 0 aliphatic carbocycles. The number of carbonyl (C=O) groups excluding carboxylic acids is 1. The molecular formula is C20H23ClN6O3. The number of nitro groups is 1. The lowest BCUT2D eigenvalue weighted by Crippen LogP contribution is -2.27. The van der Waals surface area contributed by atoms with Crippen molar-refractivity contribution in [2.45, 2.75) is 40.8 Å². The van der Waals surface area contributed by atoms with E-state index in [4.69, 9.17) is 11.6 Å². The summed E-state index contributed by atoms with van der Waals surface area (Å²) in [6.45, 7) is 8.26. The van der Waals surface area contributed by atoms with Gasteiger partial charge in [-0.2, -0.15) is 10.2 Å². The fourth-order valence-corrected chi connectivity index (χ4v) is 3.45. The van der Waals surface area contributed by atoms with Crippen molar-refractivity contribution in [1.29, 1.82) is 0 Å². The molecule has 3 aromatic rings. The Bertz CT molecular complexity index is 1100. The van der Waals surface area contributed by atoms with Gasteiger partial charge in [0.1, 0.15) is 11.4 Å². The number of carbonyl (C=O) groups is 1. The van der Waals surface area contributed by atoms with Gasteiger partial charge >= 0.3 is 5.69 Å². The fourth-order valence-electron chi connectivity index (χ4n) is 3.31. The molecule has 0 saturated heterocycles. The van der Waals surface area contributed by atoms with Gasteiger partial charge in [-0.15, -0.1) is 0 Å². The lowest BCUT2D eigenvalue weighted by molar-refractivity contribution is -0.386. The molecule has 158 valence electrons. The molecule has 1 N–H and O–H groups in total. The number of aryl methyl sites for hydroxylation is 2. The van der Waals surface area contributed by atoms with Crippen molar-refractivity contribution in [3.8, 4) is 0 Å². The van der Waals surface area contributed by atoms with Gasteiger partial charge in [0.15, 0.2) is 0 Å². The summed E-state index contributed by atoms with van der Waals surface area (Å²) in [5.74, 6) is -0.216. The second-order valence-electron chi connectivity index (χ2n) is 7.09. The quantitative estimate of drug-likeness (QED) is 0.456. The normalized spacial score (nSPS) is 11.0. The summed E-state index contributed by atoms with van der Waals surface area (Å²) in [4.78, 5) is 23.0. The summed E-state index contributed by atoms with van der Waals surface area (Å²) < 4.78 is 3.37. The third-order valence-electron chi connectivity index (χ3n) is 4.98. The highest BCUT2D eigenvalue weighted by molar-refractivity contribution is 6.31. The van der Waals surface area contributed by atoms with Crippen LogP contribution >= 0.6 is 11.6 Å². The Morgan fingerprint density at radius 2 is 1.70 bits per heavy atom. The van der Waals surface area contributed by atoms with Crippen molar-refractivity contribution in [2.24, 2.45) is 0 Å². The van der Waals surface area contributed by atoms with Crippen LogP contribution < -0.4 is 5.32 Å². The number of benzene rings is 1. The van der Waals surface area contributed by atoms with Crippen molar-refractivity contribution >= 4 is 23.2 Å². The molecule has 9 nitrogen and oxygen atoms in total. The smallest absolute Gasteiger partial charge is 0.312 e. The number of rotatable bonds is 7. The van der Waals surface area contributed by atoms with Gasteiger partial charge in [-0.1, -0.05) is 23.7 Å². The monoisotopic (exact) mass is 430 g/mol. The minimum absolute atomic E-state index is 0.0146. The highest BCUT2D eigenvalue weighted by atomic mass is 35.5. The predicted molar refractivity (Wildman–Crippen MR) is 113 cm³/mol. The van der Waals surface area contributed by atoms with Crippen molar-refractivity contribution in [3.63, 3.8) is 0 Å². The summed E-state index contributed by atoms with van der Waals surface area (Å²) in [7, 11) is 0. The van der Waals surface area contributed by atoms with Gasteiger partial charge in [-0.25, -0.2) is 0 Å². The van der Waals surface area contributed by atoms with E-state index < -0.39 is 4.92 Å². The molecule has 30 heavy (non-hydrogen) atoms. The number of hydrogen-bond donors (Lipinski definition) is 1. The zero-order valence-corrected chi connectivity index (χ0v) is 18.0. The van der Waals surface area contributed by atoms with E-state index in [1.54, 1.807) is 26.0 Å². The third-order valence-corrected chi connectivity index (χ3v) is 5.52. The van der Waals surface area contributed by atoms with E-state index in [1.807, 2.05) is 30.7 Å². The largest absolute Gasteiger partial charge is 0.350 e. The topological polar surface area (TPSA) is 108 Å². The number of hydrogen-bond acceptors (Lipinski definition) is 5. The Hall–Kier alpha value is -3.20. The number of nitrogens with zero attached hydrogens (tertiary/aromatic N) is 5. The average Bonchev–Trinajstić information content (AvgIpc) is 3.12. The molecule has 2 aromatic heterocycles. The van der Waals surface area contributed by atoms with Crippen molar-refractivity contribution in [3.05, 3.63) is 73.3 Å². The maximum absolute atomic E-state index is 12.4. The van der Waals surface area contributed by atoms with E-state index in [-0.39, 0.29) is 11.6 Å². The number of halogens is 1. The Morgan fingerprint density at radius 1 is 1.07 bits per heavy atom. The van der Waals surface area contributed by atoms with E-state index >= 15 is 0 Å². The summed E-state index contributed by atoms with van der Waals surface area (Å²) in [6.07, 6.45) is 0. The van der Waals surface area contributed by atoms with Gasteiger partial charge in [-0.05, 0) is 45.4 Å². The zero-order chi connectivity index (χ0) is 22.0. The van der Waals surface area contributed by atoms with Gasteiger partial charge in [0, 0.05) is 12.1 Å². The van der Waals surface area contributed by atoms with Crippen LogP contribution in [0.2, 0.25) is 5.02 Å². The summed E-state index contributed by atoms with van der Waals surface area (Å²) in [6, 6.07) is 7.27. The van der Waals surface area contributed by atoms with Gasteiger partial charge in [0.05, 0.1) is 34.4 Å². The van der Waals surface area contributed by atoms with E-state index in [0.717, 1.165) is 17.0 Å². The van der Waals surface area contributed by atoms with Gasteiger partial charge in [0.25, 0.3) is 5.91 Å². The highest BCUT2D eigenvalue weighted by Gasteiger charge is 2.21. The molecule has 0 spiro atoms. The van der Waals surface area contributed by atoms with Crippen LogP contribution in [0.25, 0.3) is 0 Å². The maximum atomic E-state index is 12.4. The van der Waals surface area contributed by atoms with Crippen LogP contribution in [0, 0.1) is 37.8 Å². The molecule has 0 aliphatic heterocycles. The van der Waals surface area contributed by atoms with Crippen LogP contribution in [0.15, 0.2) is 24.3 Å². The molecule has 0 atom stereocenters. The molecule has 0 fully saturated rings. The summed E-state index contributed by atoms with van der Waals surface area (Å²) in [5, 5.41) is 23.1. The number of nitrogens with one attached hydrogen (secondary N) is 1. The van der Waals surface area contributed by atoms with Crippen LogP contribution in [0.5, 0.6) is 0 Å². The van der Waals surface area contributed by atoms with Crippen LogP contribution in [-0.4, -0.2) is 36.9 Å². The molecule has 1 aromatic carbocycles. The number of aromatic nitrogens is 4. The standard InChI is InChI=1S/C20H23ClN6O3/c1-12-18(21)14(3)26(23-12)11-16-5-7-17(8-6-16)20(28)22-9-10-25-15(4)19(27(29)30)13(2)24-25/h5-8H,9-11H2,1-4H3,(H,22,28). The second kappa shape index (κ2) is 8.66. The summed E-state index contributed by atoms with van der Waals surface area (Å²) in [5.41, 5.74) is 4.08. The lowest BCUT2D eigenvalue weighted by Gasteiger charge is -2.08. The van der Waals surface area contributed by atoms with Crippen LogP contribution in [-0.2, 0) is 13.1 Å². The minimum atomic E-state index is -0.436. The molecule has 0 saturated carbocycles. The molecule has 0 unspecified atom stereocenters. The molecule has 0 aliphatic rings. The van der Waals surface area contributed by atoms with E-state index in [2.05, 4.69) is 15.5 Å². The first-order valence-electron chi connectivity index (χ1n) is 9.44. The van der Waals surface area contributed by atoms with Crippen molar-refractivity contribution in [2.75, 3.05) is 6.54 Å². The highest BCUT2D eigenvalue weighted by Crippen LogP contribution is 2.22. The van der Waals surface area contributed by atoms with Crippen molar-refractivity contribution in [1.82, 2.24) is 24.9 Å². The first-order chi connectivity index (χ1) is 14.2. The Kier molecular flexibility index (Phi) is 6.21. The number of amides is 1. The minimum Gasteiger partial charge on any atom is -0.350 e. The maximum Gasteiger partial charge on any atom is 0.312 e. The lowest BCUT2D eigenvalue weighted by atomic mass is 10.1. The molecule has 10 heteroatoms. The van der Waals surface area contributed by atoms with E-state index in [9.17, 15) is 14.9 Å². The zero-order valence-electron chi connectivity index (χ0n) is 17.3. The molecule has 3 rings (SSSR count). The van der Waals surface area contributed by atoms with Crippen molar-refractivity contribution < 1.29 is 9.72 Å². The SMILES string of the molecule is Cc1nn(Cc2ccc(C(=O)NCCn3nc(C)c([N+](=O)[O-])c3C)cc2)c(C)c1Cl. The van der Waals surface area contributed by atoms with Gasteiger partial charge in [-0.3, -0.25) is 24.3 Å². The van der Waals surface area contributed by atoms with Crippen LogP contribution in [0.3, 0.4) is 0 Å². The Morgan fingerprint density at radius 3 is 2.23 bits per heavy atom. The molecule has 1 amide bonds. The van der Waals surface area contributed by atoms with E-state index in [0.29, 0.717) is 41.6 Å². The average molecular weight is 431 g/mol. The Balaban J connectivity index is 1.58. The molecule has 0 radical (unpaired) electrons. The van der Waals surface area contributed by atoms with E-state index in [1.165, 1.54) is 4.68 Å². The van der Waals surface area contributed by atoms with Gasteiger partial charge in [0.2, 0.25) is 0 Å². The second-order valence-corrected chi connectivity index (χ2v) is 7.47. The third kappa shape index (κ3) is 4.35.